The van der Waals surface area contributed by atoms with Crippen LogP contribution < -0.4 is 0 Å². The van der Waals surface area contributed by atoms with Gasteiger partial charge in [0, 0.05) is 11.4 Å². The third-order valence-electron chi connectivity index (χ3n) is 6.64. The van der Waals surface area contributed by atoms with Crippen molar-refractivity contribution >= 4 is 23.2 Å². The van der Waals surface area contributed by atoms with Crippen molar-refractivity contribution in [3.8, 4) is 11.1 Å². The molecule has 170 valence electrons. The van der Waals surface area contributed by atoms with E-state index in [1.807, 2.05) is 102 Å². The first-order valence-electron chi connectivity index (χ1n) is 11.4. The molecule has 4 nitrogen and oxygen atoms in total. The first-order valence-corrected chi connectivity index (χ1v) is 12.3. The van der Waals surface area contributed by atoms with Gasteiger partial charge in [0.15, 0.2) is 5.54 Å². The van der Waals surface area contributed by atoms with Gasteiger partial charge < -0.3 is 10.0 Å². The molecule has 0 unspecified atom stereocenters. The van der Waals surface area contributed by atoms with Crippen molar-refractivity contribution in [2.75, 3.05) is 6.54 Å². The number of carboxylic acid groups (broad SMARTS) is 1. The van der Waals surface area contributed by atoms with E-state index in [2.05, 4.69) is 0 Å². The number of likely N-dealkylation sites (tertiary alicyclic amines) is 1. The number of aliphatic carboxylic acids is 1. The van der Waals surface area contributed by atoms with Crippen LogP contribution in [0.4, 0.5) is 0 Å². The Labute approximate surface area is 203 Å². The zero-order valence-electron chi connectivity index (χ0n) is 18.6. The zero-order valence-corrected chi connectivity index (χ0v) is 19.4. The normalized spacial score (nSPS) is 17.7. The fraction of sp³-hybridized carbons (Fsp3) is 0.172. The molecule has 0 aliphatic carbocycles. The van der Waals surface area contributed by atoms with Crippen molar-refractivity contribution in [2.24, 2.45) is 0 Å². The van der Waals surface area contributed by atoms with Gasteiger partial charge in [0.1, 0.15) is 0 Å². The molecule has 0 radical (unpaired) electrons. The number of carbonyl (C=O) groups excluding carboxylic acids is 1. The lowest BCUT2D eigenvalue weighted by atomic mass is 9.85. The molecule has 5 heteroatoms. The molecule has 1 aliphatic rings. The first-order chi connectivity index (χ1) is 16.6. The highest BCUT2D eigenvalue weighted by atomic mass is 32.1. The third-order valence-corrected chi connectivity index (χ3v) is 7.70. The molecule has 1 fully saturated rings. The highest BCUT2D eigenvalue weighted by Crippen LogP contribution is 2.47. The average Bonchev–Trinajstić information content (AvgIpc) is 3.54. The summed E-state index contributed by atoms with van der Waals surface area (Å²) in [6.07, 6.45) is 1.03. The number of amides is 1. The van der Waals surface area contributed by atoms with E-state index in [0.717, 1.165) is 27.1 Å². The van der Waals surface area contributed by atoms with Crippen LogP contribution in [0.15, 0.2) is 102 Å². The Kier molecular flexibility index (Phi) is 6.03. The van der Waals surface area contributed by atoms with E-state index in [4.69, 9.17) is 0 Å². The highest BCUT2D eigenvalue weighted by molar-refractivity contribution is 7.10. The summed E-state index contributed by atoms with van der Waals surface area (Å²) in [7, 11) is 0. The van der Waals surface area contributed by atoms with E-state index < -0.39 is 17.4 Å². The Balaban J connectivity index is 1.64. The summed E-state index contributed by atoms with van der Waals surface area (Å²) in [5.74, 6) is -1.72. The summed E-state index contributed by atoms with van der Waals surface area (Å²) in [6, 6.07) is 31.0. The minimum Gasteiger partial charge on any atom is -0.479 e. The molecule has 1 aromatic heterocycles. The van der Waals surface area contributed by atoms with Crippen molar-refractivity contribution in [2.45, 2.75) is 24.3 Å². The second kappa shape index (κ2) is 9.27. The van der Waals surface area contributed by atoms with Gasteiger partial charge in [0.25, 0.3) is 0 Å². The van der Waals surface area contributed by atoms with Crippen molar-refractivity contribution < 1.29 is 14.7 Å². The van der Waals surface area contributed by atoms with E-state index in [0.29, 0.717) is 19.4 Å². The maximum Gasteiger partial charge on any atom is 0.335 e. The van der Waals surface area contributed by atoms with Gasteiger partial charge in [-0.1, -0.05) is 91.0 Å². The molecular formula is C29H25NO3S. The molecule has 1 atom stereocenters. The molecule has 34 heavy (non-hydrogen) atoms. The van der Waals surface area contributed by atoms with E-state index in [-0.39, 0.29) is 5.91 Å². The molecule has 5 rings (SSSR count). The van der Waals surface area contributed by atoms with E-state index in [1.165, 1.54) is 11.3 Å². The summed E-state index contributed by atoms with van der Waals surface area (Å²) >= 11 is 1.42. The Morgan fingerprint density at radius 3 is 1.94 bits per heavy atom. The molecule has 1 saturated heterocycles. The van der Waals surface area contributed by atoms with Crippen LogP contribution in [0.3, 0.4) is 0 Å². The summed E-state index contributed by atoms with van der Waals surface area (Å²) in [4.78, 5) is 29.6. The molecule has 2 heterocycles. The van der Waals surface area contributed by atoms with Crippen molar-refractivity contribution in [1.29, 1.82) is 0 Å². The maximum atomic E-state index is 14.3. The predicted octanol–water partition coefficient (Wildman–Crippen LogP) is 6.15. The van der Waals surface area contributed by atoms with Crippen LogP contribution in [-0.2, 0) is 15.1 Å². The monoisotopic (exact) mass is 467 g/mol. The topological polar surface area (TPSA) is 57.6 Å². The Bertz CT molecular complexity index is 1250. The molecule has 0 spiro atoms. The molecule has 1 amide bonds. The molecule has 1 N–H and O–H groups in total. The number of nitrogens with zero attached hydrogens (tertiary/aromatic N) is 1. The average molecular weight is 468 g/mol. The second-order valence-electron chi connectivity index (χ2n) is 8.54. The van der Waals surface area contributed by atoms with Crippen molar-refractivity contribution in [3.05, 3.63) is 118 Å². The van der Waals surface area contributed by atoms with E-state index in [1.54, 1.807) is 4.90 Å². The van der Waals surface area contributed by atoms with E-state index in [9.17, 15) is 14.7 Å². The van der Waals surface area contributed by atoms with Gasteiger partial charge in [-0.05, 0) is 46.5 Å². The fourth-order valence-corrected chi connectivity index (χ4v) is 6.22. The maximum absolute atomic E-state index is 14.3. The summed E-state index contributed by atoms with van der Waals surface area (Å²) in [5, 5.41) is 12.6. The van der Waals surface area contributed by atoms with Gasteiger partial charge in [-0.3, -0.25) is 4.79 Å². The SMILES string of the molecule is O=C(C(c1ccccc1)c1ccccc1)N1CCC[C@]1(C(=O)O)c1sccc1-c1ccccc1. The van der Waals surface area contributed by atoms with Crippen LogP contribution in [-0.4, -0.2) is 28.4 Å². The van der Waals surface area contributed by atoms with Crippen LogP contribution in [0.2, 0.25) is 0 Å². The Hall–Kier alpha value is -3.70. The van der Waals surface area contributed by atoms with Crippen LogP contribution in [0.25, 0.3) is 11.1 Å². The number of thiophene rings is 1. The van der Waals surface area contributed by atoms with Gasteiger partial charge in [0.2, 0.25) is 5.91 Å². The minimum absolute atomic E-state index is 0.176. The number of carboxylic acids is 1. The van der Waals surface area contributed by atoms with Crippen LogP contribution in [0.1, 0.15) is 34.8 Å². The number of rotatable bonds is 6. The molecule has 4 aromatic rings. The summed E-state index contributed by atoms with van der Waals surface area (Å²) in [5.41, 5.74) is 2.17. The molecule has 0 saturated carbocycles. The molecule has 1 aliphatic heterocycles. The molecular weight excluding hydrogens is 442 g/mol. The Morgan fingerprint density at radius 1 is 0.824 bits per heavy atom. The summed E-state index contributed by atoms with van der Waals surface area (Å²) < 4.78 is 0. The minimum atomic E-state index is -1.39. The summed E-state index contributed by atoms with van der Waals surface area (Å²) in [6.45, 7) is 0.410. The van der Waals surface area contributed by atoms with Crippen molar-refractivity contribution in [1.82, 2.24) is 4.90 Å². The van der Waals surface area contributed by atoms with Crippen LogP contribution in [0.5, 0.6) is 0 Å². The largest absolute Gasteiger partial charge is 0.479 e. The first kappa shape index (κ1) is 22.1. The molecule has 3 aromatic carbocycles. The third kappa shape index (κ3) is 3.72. The predicted molar refractivity (Wildman–Crippen MR) is 135 cm³/mol. The molecule has 0 bridgehead atoms. The van der Waals surface area contributed by atoms with Gasteiger partial charge in [-0.2, -0.15) is 0 Å². The van der Waals surface area contributed by atoms with Crippen molar-refractivity contribution in [3.63, 3.8) is 0 Å². The van der Waals surface area contributed by atoms with Crippen LogP contribution in [0, 0.1) is 0 Å². The number of benzene rings is 3. The van der Waals surface area contributed by atoms with E-state index >= 15 is 0 Å². The van der Waals surface area contributed by atoms with Gasteiger partial charge in [-0.25, -0.2) is 4.79 Å². The number of hydrogen-bond acceptors (Lipinski definition) is 3. The van der Waals surface area contributed by atoms with Crippen LogP contribution >= 0.6 is 11.3 Å². The number of carbonyl (C=O) groups is 2. The number of hydrogen-bond donors (Lipinski definition) is 1. The standard InChI is InChI=1S/C29H25NO3S/c31-27(25(22-13-6-2-7-14-22)23-15-8-3-9-16-23)30-19-10-18-29(30,28(32)33)26-24(17-20-34-26)21-11-4-1-5-12-21/h1-9,11-17,20,25H,10,18-19H2,(H,32,33)/t29-/m1/s1. The zero-order chi connectivity index (χ0) is 23.5. The van der Waals surface area contributed by atoms with Gasteiger partial charge >= 0.3 is 5.97 Å². The van der Waals surface area contributed by atoms with Gasteiger partial charge in [-0.15, -0.1) is 11.3 Å². The lowest BCUT2D eigenvalue weighted by Crippen LogP contribution is -2.52. The second-order valence-corrected chi connectivity index (χ2v) is 9.46. The Morgan fingerprint density at radius 2 is 1.38 bits per heavy atom. The highest BCUT2D eigenvalue weighted by Gasteiger charge is 2.54. The lowest BCUT2D eigenvalue weighted by molar-refractivity contribution is -0.157. The fourth-order valence-electron chi connectivity index (χ4n) is 5.07. The quantitative estimate of drug-likeness (QED) is 0.370. The smallest absolute Gasteiger partial charge is 0.335 e. The lowest BCUT2D eigenvalue weighted by Gasteiger charge is -2.37. The van der Waals surface area contributed by atoms with Gasteiger partial charge in [0.05, 0.1) is 5.92 Å².